The van der Waals surface area contributed by atoms with Gasteiger partial charge in [0.2, 0.25) is 0 Å². The lowest BCUT2D eigenvalue weighted by atomic mass is 9.96. The molecule has 0 aromatic heterocycles. The fourth-order valence-electron chi connectivity index (χ4n) is 4.63. The molecule has 0 saturated carbocycles. The molecule has 2 aromatic carbocycles. The van der Waals surface area contributed by atoms with E-state index in [0.29, 0.717) is 30.3 Å². The second kappa shape index (κ2) is 8.67. The Morgan fingerprint density at radius 3 is 2.77 bits per heavy atom. The second-order valence-corrected chi connectivity index (χ2v) is 8.52. The van der Waals surface area contributed by atoms with Crippen LogP contribution in [0.4, 0.5) is 0 Å². The van der Waals surface area contributed by atoms with Crippen molar-refractivity contribution in [2.45, 2.75) is 25.0 Å². The molecule has 1 unspecified atom stereocenters. The van der Waals surface area contributed by atoms with Crippen LogP contribution < -0.4 is 24.3 Å². The molecule has 0 radical (unpaired) electrons. The Hall–Kier alpha value is -2.93. The number of ether oxygens (including phenoxy) is 4. The molecule has 2 fully saturated rings. The van der Waals surface area contributed by atoms with Gasteiger partial charge in [-0.1, -0.05) is 0 Å². The van der Waals surface area contributed by atoms with E-state index in [-0.39, 0.29) is 18.1 Å². The summed E-state index contributed by atoms with van der Waals surface area (Å²) in [6.45, 7) is 4.02. The van der Waals surface area contributed by atoms with Crippen molar-refractivity contribution in [1.82, 2.24) is 10.2 Å². The van der Waals surface area contributed by atoms with Gasteiger partial charge in [-0.25, -0.2) is 0 Å². The molecule has 3 heterocycles. The third-order valence-corrected chi connectivity index (χ3v) is 6.22. The molecule has 3 aliphatic heterocycles. The lowest BCUT2D eigenvalue weighted by molar-refractivity contribution is 0.0534. The molecule has 2 saturated heterocycles. The predicted octanol–water partition coefficient (Wildman–Crippen LogP) is 2.74. The number of benzene rings is 2. The average Bonchev–Trinajstić information content (AvgIpc) is 3.15. The number of amides is 1. The molecule has 0 spiro atoms. The van der Waals surface area contributed by atoms with Crippen molar-refractivity contribution in [1.29, 1.82) is 0 Å². The number of nitrogens with one attached hydrogen (secondary N) is 1. The quantitative estimate of drug-likeness (QED) is 0.769. The highest BCUT2D eigenvalue weighted by molar-refractivity contribution is 5.95. The van der Waals surface area contributed by atoms with E-state index >= 15 is 0 Å². The van der Waals surface area contributed by atoms with Crippen molar-refractivity contribution in [2.75, 3.05) is 40.0 Å². The normalized spacial score (nSPS) is 26.2. The third kappa shape index (κ3) is 4.56. The average molecular weight is 424 g/mol. The van der Waals surface area contributed by atoms with Crippen molar-refractivity contribution >= 4 is 5.91 Å². The van der Waals surface area contributed by atoms with Crippen LogP contribution in [0, 0.1) is 5.92 Å². The van der Waals surface area contributed by atoms with E-state index in [1.54, 1.807) is 25.3 Å². The van der Waals surface area contributed by atoms with Crippen LogP contribution in [0.3, 0.4) is 0 Å². The molecule has 2 aromatic rings. The number of carbonyl (C=O) groups excluding carboxylic acids is 1. The van der Waals surface area contributed by atoms with Crippen molar-refractivity contribution in [3.05, 3.63) is 48.0 Å². The predicted molar refractivity (Wildman–Crippen MR) is 115 cm³/mol. The Morgan fingerprint density at radius 2 is 1.97 bits per heavy atom. The topological polar surface area (TPSA) is 69.3 Å². The fourth-order valence-corrected chi connectivity index (χ4v) is 4.63. The van der Waals surface area contributed by atoms with Crippen molar-refractivity contribution in [3.8, 4) is 23.0 Å². The van der Waals surface area contributed by atoms with Gasteiger partial charge in [-0.15, -0.1) is 0 Å². The summed E-state index contributed by atoms with van der Waals surface area (Å²) in [6, 6.07) is 13.0. The van der Waals surface area contributed by atoms with Gasteiger partial charge in [0, 0.05) is 24.7 Å². The van der Waals surface area contributed by atoms with Gasteiger partial charge >= 0.3 is 0 Å². The van der Waals surface area contributed by atoms with Crippen LogP contribution in [-0.4, -0.2) is 62.9 Å². The smallest absolute Gasteiger partial charge is 0.251 e. The molecule has 7 heteroatoms. The Balaban J connectivity index is 1.15. The van der Waals surface area contributed by atoms with Crippen molar-refractivity contribution < 1.29 is 23.7 Å². The summed E-state index contributed by atoms with van der Waals surface area (Å²) in [4.78, 5) is 15.2. The van der Waals surface area contributed by atoms with Gasteiger partial charge in [-0.2, -0.15) is 0 Å². The van der Waals surface area contributed by atoms with Gasteiger partial charge in [0.25, 0.3) is 5.91 Å². The van der Waals surface area contributed by atoms with Crippen molar-refractivity contribution in [2.24, 2.45) is 5.92 Å². The van der Waals surface area contributed by atoms with Crippen LogP contribution in [0.5, 0.6) is 23.0 Å². The van der Waals surface area contributed by atoms with E-state index in [2.05, 4.69) is 10.2 Å². The molecule has 1 N–H and O–H groups in total. The molecule has 0 aliphatic carbocycles. The first-order valence-corrected chi connectivity index (χ1v) is 10.9. The zero-order valence-electron chi connectivity index (χ0n) is 17.7. The van der Waals surface area contributed by atoms with Gasteiger partial charge in [0.1, 0.15) is 24.7 Å². The molecular weight excluding hydrogens is 396 g/mol. The highest BCUT2D eigenvalue weighted by Crippen LogP contribution is 2.33. The standard InChI is InChI=1S/C24H28N2O5/c1-28-19-3-5-20(6-4-19)29-14-21-15-30-23-11-17(2-7-22(23)31-21)24(27)25-18-10-16-8-9-26(12-16)13-18/h2-7,11,16,18,21H,8-10,12-15H2,1H3,(H,25,27)/t16-,18+,21+/m0/s1. The molecule has 31 heavy (non-hydrogen) atoms. The maximum atomic E-state index is 12.7. The minimum atomic E-state index is -0.221. The molecule has 7 nitrogen and oxygen atoms in total. The monoisotopic (exact) mass is 424 g/mol. The van der Waals surface area contributed by atoms with E-state index in [9.17, 15) is 4.79 Å². The minimum Gasteiger partial charge on any atom is -0.497 e. The summed E-state index contributed by atoms with van der Waals surface area (Å²) in [5, 5.41) is 3.19. The SMILES string of the molecule is COc1ccc(OC[C@@H]2COc3cc(C(=O)N[C@@H]4C[C@@H]5CCN(C5)C4)ccc3O2)cc1. The first-order chi connectivity index (χ1) is 15.2. The number of methoxy groups -OCH3 is 1. The highest BCUT2D eigenvalue weighted by Gasteiger charge is 2.33. The molecule has 164 valence electrons. The largest absolute Gasteiger partial charge is 0.497 e. The summed E-state index contributed by atoms with van der Waals surface area (Å²) in [7, 11) is 1.63. The van der Waals surface area contributed by atoms with E-state index < -0.39 is 0 Å². The van der Waals surface area contributed by atoms with Gasteiger partial charge in [-0.05, 0) is 67.8 Å². The molecule has 3 aliphatic rings. The lowest BCUT2D eigenvalue weighted by Crippen LogP contribution is -2.47. The Labute approximate surface area is 182 Å². The van der Waals surface area contributed by atoms with E-state index in [1.165, 1.54) is 13.0 Å². The van der Waals surface area contributed by atoms with Crippen LogP contribution in [0.25, 0.3) is 0 Å². The summed E-state index contributed by atoms with van der Waals surface area (Å²) in [5.74, 6) is 3.43. The van der Waals surface area contributed by atoms with Crippen molar-refractivity contribution in [3.63, 3.8) is 0 Å². The van der Waals surface area contributed by atoms with Crippen LogP contribution in [0.2, 0.25) is 0 Å². The molecule has 4 atom stereocenters. The van der Waals surface area contributed by atoms with Gasteiger partial charge in [0.05, 0.1) is 7.11 Å². The third-order valence-electron chi connectivity index (χ3n) is 6.22. The number of rotatable bonds is 6. The van der Waals surface area contributed by atoms with E-state index in [1.807, 2.05) is 24.3 Å². The highest BCUT2D eigenvalue weighted by atomic mass is 16.6. The van der Waals surface area contributed by atoms with Crippen LogP contribution in [-0.2, 0) is 0 Å². The summed E-state index contributed by atoms with van der Waals surface area (Å²) in [5.41, 5.74) is 0.600. The van der Waals surface area contributed by atoms with Gasteiger partial charge in [-0.3, -0.25) is 4.79 Å². The molecule has 1 amide bonds. The zero-order valence-corrected chi connectivity index (χ0v) is 17.7. The Bertz CT molecular complexity index is 920. The number of carbonyl (C=O) groups is 1. The number of nitrogens with zero attached hydrogens (tertiary/aromatic N) is 1. The van der Waals surface area contributed by atoms with E-state index in [0.717, 1.165) is 36.9 Å². The maximum Gasteiger partial charge on any atom is 0.251 e. The molecule has 5 rings (SSSR count). The summed E-state index contributed by atoms with van der Waals surface area (Å²) >= 11 is 0. The number of piperidine rings is 1. The second-order valence-electron chi connectivity index (χ2n) is 8.52. The first-order valence-electron chi connectivity index (χ1n) is 10.9. The van der Waals surface area contributed by atoms with Crippen LogP contribution in [0.15, 0.2) is 42.5 Å². The van der Waals surface area contributed by atoms with Crippen LogP contribution >= 0.6 is 0 Å². The number of hydrogen-bond donors (Lipinski definition) is 1. The lowest BCUT2D eigenvalue weighted by Gasteiger charge is -2.30. The zero-order chi connectivity index (χ0) is 21.2. The minimum absolute atomic E-state index is 0.0520. The summed E-state index contributed by atoms with van der Waals surface area (Å²) < 4.78 is 22.8. The van der Waals surface area contributed by atoms with Gasteiger partial charge < -0.3 is 29.2 Å². The summed E-state index contributed by atoms with van der Waals surface area (Å²) in [6.07, 6.45) is 2.10. The Kier molecular flexibility index (Phi) is 5.59. The molecule has 2 bridgehead atoms. The maximum absolute atomic E-state index is 12.7. The first kappa shape index (κ1) is 20.0. The Morgan fingerprint density at radius 1 is 1.13 bits per heavy atom. The van der Waals surface area contributed by atoms with Gasteiger partial charge in [0.15, 0.2) is 17.6 Å². The number of hydrogen-bond acceptors (Lipinski definition) is 6. The fraction of sp³-hybridized carbons (Fsp3) is 0.458. The molecular formula is C24H28N2O5. The van der Waals surface area contributed by atoms with E-state index in [4.69, 9.17) is 18.9 Å². The van der Waals surface area contributed by atoms with Crippen LogP contribution in [0.1, 0.15) is 23.2 Å². The number of fused-ring (bicyclic) bond motifs is 3.